The number of carbonyl (C=O) groups excluding carboxylic acids is 2. The minimum absolute atomic E-state index is 0.0213. The van der Waals surface area contributed by atoms with Crippen molar-refractivity contribution < 1.29 is 24.2 Å². The molecule has 27 heavy (non-hydrogen) atoms. The van der Waals surface area contributed by atoms with E-state index in [0.29, 0.717) is 12.8 Å². The van der Waals surface area contributed by atoms with Gasteiger partial charge in [0, 0.05) is 19.4 Å². The first-order chi connectivity index (χ1) is 12.9. The largest absolute Gasteiger partial charge is 0.481 e. The number of aliphatic carboxylic acids is 1. The Hall–Kier alpha value is -2.63. The molecular weight excluding hydrogens is 346 g/mol. The SMILES string of the molecule is C=CCCCC(=O)N(C[C@H](C)CC(=O)O)C(CC(=O)OC)c1ccccc1. The van der Waals surface area contributed by atoms with Gasteiger partial charge in [-0.2, -0.15) is 0 Å². The van der Waals surface area contributed by atoms with Gasteiger partial charge >= 0.3 is 11.9 Å². The van der Waals surface area contributed by atoms with Crippen molar-refractivity contribution in [2.75, 3.05) is 13.7 Å². The molecule has 0 heterocycles. The second-order valence-corrected chi connectivity index (χ2v) is 6.64. The van der Waals surface area contributed by atoms with E-state index in [-0.39, 0.29) is 31.2 Å². The summed E-state index contributed by atoms with van der Waals surface area (Å²) in [7, 11) is 1.31. The van der Waals surface area contributed by atoms with E-state index in [1.54, 1.807) is 17.9 Å². The molecule has 0 saturated heterocycles. The van der Waals surface area contributed by atoms with Crippen molar-refractivity contribution in [3.63, 3.8) is 0 Å². The van der Waals surface area contributed by atoms with Crippen LogP contribution in [0.15, 0.2) is 43.0 Å². The third-order valence-corrected chi connectivity index (χ3v) is 4.30. The highest BCUT2D eigenvalue weighted by Gasteiger charge is 2.29. The Kier molecular flexibility index (Phi) is 9.86. The van der Waals surface area contributed by atoms with Crippen LogP contribution >= 0.6 is 0 Å². The fraction of sp³-hybridized carbons (Fsp3) is 0.476. The Morgan fingerprint density at radius 2 is 1.89 bits per heavy atom. The van der Waals surface area contributed by atoms with Crippen LogP contribution in [0, 0.1) is 5.92 Å². The number of esters is 1. The van der Waals surface area contributed by atoms with Gasteiger partial charge in [0.25, 0.3) is 0 Å². The molecule has 1 aromatic rings. The zero-order valence-corrected chi connectivity index (χ0v) is 16.1. The second-order valence-electron chi connectivity index (χ2n) is 6.64. The molecule has 6 heteroatoms. The molecule has 148 valence electrons. The number of hydrogen-bond acceptors (Lipinski definition) is 4. The molecule has 0 saturated carbocycles. The average Bonchev–Trinajstić information content (AvgIpc) is 2.64. The number of amides is 1. The van der Waals surface area contributed by atoms with Crippen molar-refractivity contribution in [3.05, 3.63) is 48.6 Å². The van der Waals surface area contributed by atoms with E-state index >= 15 is 0 Å². The highest BCUT2D eigenvalue weighted by Crippen LogP contribution is 2.27. The fourth-order valence-electron chi connectivity index (χ4n) is 2.97. The summed E-state index contributed by atoms with van der Waals surface area (Å²) in [6.45, 7) is 5.71. The van der Waals surface area contributed by atoms with Crippen LogP contribution in [0.5, 0.6) is 0 Å². The lowest BCUT2D eigenvalue weighted by Crippen LogP contribution is -2.39. The molecule has 0 spiro atoms. The maximum atomic E-state index is 12.9. The summed E-state index contributed by atoms with van der Waals surface area (Å²) >= 11 is 0. The molecule has 6 nitrogen and oxygen atoms in total. The highest BCUT2D eigenvalue weighted by molar-refractivity contribution is 5.78. The summed E-state index contributed by atoms with van der Waals surface area (Å²) in [6.07, 6.45) is 3.43. The lowest BCUT2D eigenvalue weighted by atomic mass is 9.98. The quantitative estimate of drug-likeness (QED) is 0.343. The predicted molar refractivity (Wildman–Crippen MR) is 103 cm³/mol. The van der Waals surface area contributed by atoms with Gasteiger partial charge in [-0.3, -0.25) is 14.4 Å². The molecule has 0 aliphatic carbocycles. The minimum atomic E-state index is -0.911. The molecule has 2 atom stereocenters. The molecule has 1 rings (SSSR count). The van der Waals surface area contributed by atoms with E-state index < -0.39 is 18.0 Å². The Morgan fingerprint density at radius 1 is 1.22 bits per heavy atom. The Balaban J connectivity index is 3.13. The second kappa shape index (κ2) is 11.9. The van der Waals surface area contributed by atoms with Crippen molar-refractivity contribution in [1.82, 2.24) is 4.90 Å². The fourth-order valence-corrected chi connectivity index (χ4v) is 2.97. The van der Waals surface area contributed by atoms with E-state index in [0.717, 1.165) is 12.0 Å². The van der Waals surface area contributed by atoms with E-state index in [2.05, 4.69) is 6.58 Å². The Bertz CT molecular complexity index is 629. The number of rotatable bonds is 12. The number of carbonyl (C=O) groups is 3. The van der Waals surface area contributed by atoms with Crippen LogP contribution in [0.3, 0.4) is 0 Å². The monoisotopic (exact) mass is 375 g/mol. The van der Waals surface area contributed by atoms with Crippen LogP contribution < -0.4 is 0 Å². The van der Waals surface area contributed by atoms with E-state index in [4.69, 9.17) is 9.84 Å². The normalized spacial score (nSPS) is 12.7. The van der Waals surface area contributed by atoms with Crippen molar-refractivity contribution >= 4 is 17.8 Å². The maximum Gasteiger partial charge on any atom is 0.307 e. The van der Waals surface area contributed by atoms with Gasteiger partial charge in [-0.1, -0.05) is 43.3 Å². The topological polar surface area (TPSA) is 83.9 Å². The number of carboxylic acids is 1. The summed E-state index contributed by atoms with van der Waals surface area (Å²) in [6, 6.07) is 8.79. The van der Waals surface area contributed by atoms with Crippen molar-refractivity contribution in [3.8, 4) is 0 Å². The van der Waals surface area contributed by atoms with Gasteiger partial charge in [-0.25, -0.2) is 0 Å². The number of hydrogen-bond donors (Lipinski definition) is 1. The van der Waals surface area contributed by atoms with Crippen LogP contribution in [0.4, 0.5) is 0 Å². The lowest BCUT2D eigenvalue weighted by molar-refractivity contribution is -0.145. The van der Waals surface area contributed by atoms with Crippen molar-refractivity contribution in [2.24, 2.45) is 5.92 Å². The van der Waals surface area contributed by atoms with Crippen LogP contribution in [0.2, 0.25) is 0 Å². The average molecular weight is 375 g/mol. The molecule has 1 aromatic carbocycles. The van der Waals surface area contributed by atoms with Crippen LogP contribution in [0.25, 0.3) is 0 Å². The van der Waals surface area contributed by atoms with E-state index in [1.165, 1.54) is 7.11 Å². The van der Waals surface area contributed by atoms with E-state index in [9.17, 15) is 14.4 Å². The summed E-state index contributed by atoms with van der Waals surface area (Å²) < 4.78 is 4.82. The predicted octanol–water partition coefficient (Wildman–Crippen LogP) is 3.59. The summed E-state index contributed by atoms with van der Waals surface area (Å²) in [5.41, 5.74) is 0.822. The van der Waals surface area contributed by atoms with Crippen molar-refractivity contribution in [2.45, 2.75) is 45.1 Å². The molecule has 1 unspecified atom stereocenters. The first-order valence-electron chi connectivity index (χ1n) is 9.12. The first kappa shape index (κ1) is 22.4. The molecule has 0 fully saturated rings. The van der Waals surface area contributed by atoms with Gasteiger partial charge in [0.05, 0.1) is 19.6 Å². The standard InChI is InChI=1S/C21H29NO5/c1-4-5-7-12-19(23)22(15-16(2)13-20(24)25)18(14-21(26)27-3)17-10-8-6-9-11-17/h4,6,8-11,16,18H,1,5,7,12-15H2,2-3H3,(H,24,25)/t16-,18?/m1/s1. The van der Waals surface area contributed by atoms with Gasteiger partial charge < -0.3 is 14.7 Å². The van der Waals surface area contributed by atoms with Crippen molar-refractivity contribution in [1.29, 1.82) is 0 Å². The smallest absolute Gasteiger partial charge is 0.307 e. The zero-order chi connectivity index (χ0) is 20.2. The third-order valence-electron chi connectivity index (χ3n) is 4.30. The Labute approximate surface area is 160 Å². The molecule has 1 N–H and O–H groups in total. The number of nitrogens with zero attached hydrogens (tertiary/aromatic N) is 1. The third kappa shape index (κ3) is 8.07. The molecular formula is C21H29NO5. The van der Waals surface area contributed by atoms with Gasteiger partial charge in [0.1, 0.15) is 0 Å². The number of carboxylic acid groups (broad SMARTS) is 1. The summed E-state index contributed by atoms with van der Waals surface area (Å²) in [5.74, 6) is -1.68. The van der Waals surface area contributed by atoms with Gasteiger partial charge in [0.2, 0.25) is 5.91 Å². The number of benzene rings is 1. The van der Waals surface area contributed by atoms with Crippen LogP contribution in [-0.2, 0) is 19.1 Å². The first-order valence-corrected chi connectivity index (χ1v) is 9.12. The number of methoxy groups -OCH3 is 1. The summed E-state index contributed by atoms with van der Waals surface area (Å²) in [4.78, 5) is 37.6. The minimum Gasteiger partial charge on any atom is -0.481 e. The summed E-state index contributed by atoms with van der Waals surface area (Å²) in [5, 5.41) is 9.06. The Morgan fingerprint density at radius 3 is 2.44 bits per heavy atom. The molecule has 0 radical (unpaired) electrons. The molecule has 0 aromatic heterocycles. The van der Waals surface area contributed by atoms with Crippen LogP contribution in [0.1, 0.15) is 50.6 Å². The number of allylic oxidation sites excluding steroid dienone is 1. The molecule has 0 bridgehead atoms. The molecule has 0 aliphatic heterocycles. The van der Waals surface area contributed by atoms with Gasteiger partial charge in [-0.05, 0) is 24.3 Å². The highest BCUT2D eigenvalue weighted by atomic mass is 16.5. The van der Waals surface area contributed by atoms with Gasteiger partial charge in [-0.15, -0.1) is 6.58 Å². The van der Waals surface area contributed by atoms with E-state index in [1.807, 2.05) is 30.3 Å². The number of ether oxygens (including phenoxy) is 1. The molecule has 1 amide bonds. The van der Waals surface area contributed by atoms with Crippen LogP contribution in [-0.4, -0.2) is 41.5 Å². The lowest BCUT2D eigenvalue weighted by Gasteiger charge is -2.33. The maximum absolute atomic E-state index is 12.9. The van der Waals surface area contributed by atoms with Gasteiger partial charge in [0.15, 0.2) is 0 Å². The molecule has 0 aliphatic rings. The number of unbranched alkanes of at least 4 members (excludes halogenated alkanes) is 1. The zero-order valence-electron chi connectivity index (χ0n) is 16.1.